The summed E-state index contributed by atoms with van der Waals surface area (Å²) in [5, 5.41) is 5.34. The predicted molar refractivity (Wildman–Crippen MR) is 123 cm³/mol. The standard InChI is InChI=1S/C25H31F2N3O4/c1-24(2,3)30-22(32)16-8-7-11-28-19(16)14-21(31)20(29-23(33)34-25(4,5)6)13-15-9-10-17(26)18(27)12-15/h7-12,20H,13-14H2,1-6H3,(H,29,33)(H,30,32). The van der Waals surface area contributed by atoms with Gasteiger partial charge in [0, 0.05) is 11.7 Å². The number of rotatable bonds is 7. The molecule has 7 nitrogen and oxygen atoms in total. The molecule has 0 aliphatic carbocycles. The van der Waals surface area contributed by atoms with Crippen molar-refractivity contribution in [2.45, 2.75) is 71.6 Å². The van der Waals surface area contributed by atoms with Gasteiger partial charge in [0.15, 0.2) is 17.4 Å². The molecule has 1 unspecified atom stereocenters. The molecule has 34 heavy (non-hydrogen) atoms. The van der Waals surface area contributed by atoms with Crippen molar-refractivity contribution in [3.8, 4) is 0 Å². The first-order chi connectivity index (χ1) is 15.6. The quantitative estimate of drug-likeness (QED) is 0.628. The maximum atomic E-state index is 13.7. The second-order valence-electron chi connectivity index (χ2n) is 10.00. The van der Waals surface area contributed by atoms with Crippen LogP contribution in [-0.2, 0) is 22.4 Å². The van der Waals surface area contributed by atoms with Crippen LogP contribution in [0.2, 0.25) is 0 Å². The summed E-state index contributed by atoms with van der Waals surface area (Å²) in [5.41, 5.74) is -0.536. The first kappa shape index (κ1) is 26.9. The third kappa shape index (κ3) is 8.53. The Balaban J connectivity index is 2.30. The highest BCUT2D eigenvalue weighted by molar-refractivity contribution is 5.98. The molecule has 0 bridgehead atoms. The molecule has 1 aromatic heterocycles. The number of alkyl carbamates (subject to hydrolysis) is 1. The van der Waals surface area contributed by atoms with Crippen molar-refractivity contribution in [1.29, 1.82) is 0 Å². The number of ketones is 1. The number of amides is 2. The third-order valence-corrected chi connectivity index (χ3v) is 4.47. The summed E-state index contributed by atoms with van der Waals surface area (Å²) >= 11 is 0. The Morgan fingerprint density at radius 3 is 2.29 bits per heavy atom. The second kappa shape index (κ2) is 10.7. The van der Waals surface area contributed by atoms with Crippen molar-refractivity contribution in [3.63, 3.8) is 0 Å². The van der Waals surface area contributed by atoms with Crippen molar-refractivity contribution in [2.24, 2.45) is 0 Å². The number of nitrogens with one attached hydrogen (secondary N) is 2. The van der Waals surface area contributed by atoms with Crippen LogP contribution in [0, 0.1) is 11.6 Å². The van der Waals surface area contributed by atoms with Gasteiger partial charge in [0.25, 0.3) is 5.91 Å². The van der Waals surface area contributed by atoms with Crippen molar-refractivity contribution in [3.05, 3.63) is 65.0 Å². The monoisotopic (exact) mass is 475 g/mol. The number of Topliss-reactive ketones (excluding diaryl/α,β-unsaturated/α-hetero) is 1. The maximum Gasteiger partial charge on any atom is 0.408 e. The van der Waals surface area contributed by atoms with E-state index in [0.717, 1.165) is 12.1 Å². The first-order valence-corrected chi connectivity index (χ1v) is 10.9. The van der Waals surface area contributed by atoms with Crippen molar-refractivity contribution >= 4 is 17.8 Å². The van der Waals surface area contributed by atoms with Crippen LogP contribution >= 0.6 is 0 Å². The molecule has 0 radical (unpaired) electrons. The highest BCUT2D eigenvalue weighted by atomic mass is 19.2. The molecule has 2 N–H and O–H groups in total. The summed E-state index contributed by atoms with van der Waals surface area (Å²) in [6, 6.07) is 5.27. The summed E-state index contributed by atoms with van der Waals surface area (Å²) in [6.45, 7) is 10.5. The third-order valence-electron chi connectivity index (χ3n) is 4.47. The molecule has 0 aliphatic heterocycles. The lowest BCUT2D eigenvalue weighted by Gasteiger charge is -2.24. The van der Waals surface area contributed by atoms with Crippen LogP contribution in [0.5, 0.6) is 0 Å². The lowest BCUT2D eigenvalue weighted by molar-refractivity contribution is -0.120. The molecular formula is C25H31F2N3O4. The minimum atomic E-state index is -1.12. The minimum Gasteiger partial charge on any atom is -0.444 e. The number of pyridine rings is 1. The molecule has 2 rings (SSSR count). The molecular weight excluding hydrogens is 444 g/mol. The fraction of sp³-hybridized carbons (Fsp3) is 0.440. The van der Waals surface area contributed by atoms with Crippen LogP contribution in [0.1, 0.15) is 63.2 Å². The van der Waals surface area contributed by atoms with E-state index in [1.165, 1.54) is 12.3 Å². The number of nitrogens with zero attached hydrogens (tertiary/aromatic N) is 1. The van der Waals surface area contributed by atoms with Gasteiger partial charge in [0.2, 0.25) is 0 Å². The Morgan fingerprint density at radius 2 is 1.71 bits per heavy atom. The summed E-state index contributed by atoms with van der Waals surface area (Å²) in [7, 11) is 0. The number of ether oxygens (including phenoxy) is 1. The number of aromatic nitrogens is 1. The molecule has 1 heterocycles. The number of halogens is 2. The number of hydrogen-bond acceptors (Lipinski definition) is 5. The molecule has 0 saturated heterocycles. The average Bonchev–Trinajstić information content (AvgIpc) is 2.68. The summed E-state index contributed by atoms with van der Waals surface area (Å²) in [4.78, 5) is 42.5. The lowest BCUT2D eigenvalue weighted by Crippen LogP contribution is -2.45. The van der Waals surface area contributed by atoms with E-state index in [4.69, 9.17) is 4.74 Å². The minimum absolute atomic E-state index is 0.106. The maximum absolute atomic E-state index is 13.7. The van der Waals surface area contributed by atoms with Gasteiger partial charge in [-0.15, -0.1) is 0 Å². The van der Waals surface area contributed by atoms with E-state index in [-0.39, 0.29) is 30.0 Å². The Labute approximate surface area is 198 Å². The molecule has 1 atom stereocenters. The number of carbonyl (C=O) groups excluding carboxylic acids is 3. The van der Waals surface area contributed by atoms with Crippen LogP contribution in [0.3, 0.4) is 0 Å². The van der Waals surface area contributed by atoms with Gasteiger partial charge in [-0.05, 0) is 77.8 Å². The Morgan fingerprint density at radius 1 is 1.03 bits per heavy atom. The number of carbonyl (C=O) groups is 3. The van der Waals surface area contributed by atoms with Crippen LogP contribution in [0.25, 0.3) is 0 Å². The van der Waals surface area contributed by atoms with E-state index < -0.39 is 40.7 Å². The zero-order valence-electron chi connectivity index (χ0n) is 20.3. The van der Waals surface area contributed by atoms with Crippen LogP contribution in [0.4, 0.5) is 13.6 Å². The van der Waals surface area contributed by atoms with Crippen LogP contribution in [0.15, 0.2) is 36.5 Å². The Bertz CT molecular complexity index is 1060. The molecule has 2 amide bonds. The highest BCUT2D eigenvalue weighted by Crippen LogP contribution is 2.15. The molecule has 184 valence electrons. The van der Waals surface area contributed by atoms with Crippen LogP contribution < -0.4 is 10.6 Å². The van der Waals surface area contributed by atoms with E-state index in [0.29, 0.717) is 5.56 Å². The van der Waals surface area contributed by atoms with Gasteiger partial charge in [-0.3, -0.25) is 14.6 Å². The number of hydrogen-bond donors (Lipinski definition) is 2. The Kier molecular flexibility index (Phi) is 8.47. The van der Waals surface area contributed by atoms with E-state index >= 15 is 0 Å². The van der Waals surface area contributed by atoms with Gasteiger partial charge in [0.05, 0.1) is 23.7 Å². The summed E-state index contributed by atoms with van der Waals surface area (Å²) in [6.07, 6.45) is 0.256. The zero-order chi connectivity index (χ0) is 25.7. The highest BCUT2D eigenvalue weighted by Gasteiger charge is 2.27. The first-order valence-electron chi connectivity index (χ1n) is 10.9. The normalized spacial score (nSPS) is 12.6. The van der Waals surface area contributed by atoms with Crippen molar-refractivity contribution in [2.75, 3.05) is 0 Å². The van der Waals surface area contributed by atoms with Gasteiger partial charge in [-0.2, -0.15) is 0 Å². The van der Waals surface area contributed by atoms with E-state index in [1.54, 1.807) is 32.9 Å². The van der Waals surface area contributed by atoms with Gasteiger partial charge in [0.1, 0.15) is 5.60 Å². The van der Waals surface area contributed by atoms with E-state index in [2.05, 4.69) is 15.6 Å². The predicted octanol–water partition coefficient (Wildman–Crippen LogP) is 4.14. The molecule has 1 aromatic carbocycles. The topological polar surface area (TPSA) is 97.4 Å². The van der Waals surface area contributed by atoms with Gasteiger partial charge in [-0.1, -0.05) is 6.07 Å². The average molecular weight is 476 g/mol. The lowest BCUT2D eigenvalue weighted by atomic mass is 9.97. The van der Waals surface area contributed by atoms with E-state index in [9.17, 15) is 23.2 Å². The molecule has 0 saturated carbocycles. The fourth-order valence-corrected chi connectivity index (χ4v) is 3.08. The van der Waals surface area contributed by atoms with Crippen molar-refractivity contribution in [1.82, 2.24) is 15.6 Å². The van der Waals surface area contributed by atoms with Crippen LogP contribution in [-0.4, -0.2) is 39.9 Å². The number of benzene rings is 1. The van der Waals surface area contributed by atoms with E-state index in [1.807, 2.05) is 20.8 Å². The summed E-state index contributed by atoms with van der Waals surface area (Å²) in [5.74, 6) is -2.94. The SMILES string of the molecule is CC(C)(C)NC(=O)c1cccnc1CC(=O)C(Cc1ccc(F)c(F)c1)NC(=O)OC(C)(C)C. The van der Waals surface area contributed by atoms with Gasteiger partial charge in [-0.25, -0.2) is 13.6 Å². The molecule has 9 heteroatoms. The molecule has 2 aromatic rings. The van der Waals surface area contributed by atoms with Gasteiger partial charge < -0.3 is 15.4 Å². The molecule has 0 fully saturated rings. The van der Waals surface area contributed by atoms with Gasteiger partial charge >= 0.3 is 6.09 Å². The molecule has 0 spiro atoms. The molecule has 0 aliphatic rings. The fourth-order valence-electron chi connectivity index (χ4n) is 3.08. The zero-order valence-corrected chi connectivity index (χ0v) is 20.3. The Hall–Kier alpha value is -3.36. The smallest absolute Gasteiger partial charge is 0.408 e. The summed E-state index contributed by atoms with van der Waals surface area (Å²) < 4.78 is 32.3. The second-order valence-corrected chi connectivity index (χ2v) is 10.00. The van der Waals surface area contributed by atoms with Crippen molar-refractivity contribution < 1.29 is 27.9 Å². The largest absolute Gasteiger partial charge is 0.444 e.